The third kappa shape index (κ3) is 2.54. The van der Waals surface area contributed by atoms with Crippen molar-refractivity contribution in [3.8, 4) is 0 Å². The number of hydrogen-bond donors (Lipinski definition) is 0. The third-order valence-electron chi connectivity index (χ3n) is 6.50. The van der Waals surface area contributed by atoms with Crippen molar-refractivity contribution in [1.29, 1.82) is 0 Å². The maximum Gasteiger partial charge on any atom is 0.0358 e. The van der Waals surface area contributed by atoms with Crippen LogP contribution in [0.25, 0.3) is 33.2 Å². The molecule has 5 aromatic carbocycles. The lowest BCUT2D eigenvalue weighted by molar-refractivity contribution is 1.08. The molecule has 0 aromatic heterocycles. The van der Waals surface area contributed by atoms with Crippen molar-refractivity contribution >= 4 is 33.2 Å². The summed E-state index contributed by atoms with van der Waals surface area (Å²) in [5, 5.41) is 5.31. The van der Waals surface area contributed by atoms with E-state index in [1.165, 1.54) is 54.9 Å². The van der Waals surface area contributed by atoms with E-state index >= 15 is 0 Å². The molecule has 0 N–H and O–H groups in total. The first-order valence-corrected chi connectivity index (χ1v) is 10.6. The van der Waals surface area contributed by atoms with Gasteiger partial charge in [0, 0.05) is 5.92 Å². The van der Waals surface area contributed by atoms with Crippen molar-refractivity contribution in [2.45, 2.75) is 12.8 Å². The highest BCUT2D eigenvalue weighted by molar-refractivity contribution is 6.11. The number of allylic oxidation sites excluding steroid dienone is 1. The van der Waals surface area contributed by atoms with E-state index in [0.717, 1.165) is 0 Å². The Labute approximate surface area is 177 Å². The van der Waals surface area contributed by atoms with E-state index in [1.54, 1.807) is 0 Å². The summed E-state index contributed by atoms with van der Waals surface area (Å²) in [7, 11) is 0. The second-order valence-corrected chi connectivity index (χ2v) is 8.21. The van der Waals surface area contributed by atoms with Crippen LogP contribution in [-0.4, -0.2) is 0 Å². The average Bonchev–Trinajstić information content (AvgIpc) is 3.18. The minimum atomic E-state index is 0.233. The molecule has 0 radical (unpaired) electrons. The van der Waals surface area contributed by atoms with E-state index in [2.05, 4.69) is 116 Å². The van der Waals surface area contributed by atoms with Gasteiger partial charge in [-0.05, 0) is 67.9 Å². The van der Waals surface area contributed by atoms with E-state index < -0.39 is 0 Å². The number of aryl methyl sites for hydroxylation is 1. The average molecular weight is 383 g/mol. The van der Waals surface area contributed by atoms with Gasteiger partial charge in [-0.2, -0.15) is 0 Å². The van der Waals surface area contributed by atoms with Crippen LogP contribution < -0.4 is 0 Å². The Morgan fingerprint density at radius 2 is 1.27 bits per heavy atom. The Kier molecular flexibility index (Phi) is 3.86. The van der Waals surface area contributed by atoms with Crippen LogP contribution in [0.15, 0.2) is 103 Å². The first-order valence-electron chi connectivity index (χ1n) is 10.6. The van der Waals surface area contributed by atoms with Crippen molar-refractivity contribution in [2.75, 3.05) is 0 Å². The molecule has 6 rings (SSSR count). The topological polar surface area (TPSA) is 0 Å². The normalized spacial score (nSPS) is 15.4. The molecule has 0 aliphatic heterocycles. The maximum absolute atomic E-state index is 2.40. The van der Waals surface area contributed by atoms with Crippen molar-refractivity contribution in [3.05, 3.63) is 131 Å². The first-order chi connectivity index (χ1) is 14.8. The first kappa shape index (κ1) is 17.2. The largest absolute Gasteiger partial charge is 0.0620 e. The molecule has 0 bridgehead atoms. The molecule has 0 heterocycles. The van der Waals surface area contributed by atoms with Gasteiger partial charge in [-0.15, -0.1) is 0 Å². The monoisotopic (exact) mass is 382 g/mol. The summed E-state index contributed by atoms with van der Waals surface area (Å²) in [6.45, 7) is 2.22. The second-order valence-electron chi connectivity index (χ2n) is 8.21. The molecule has 1 unspecified atom stereocenters. The Balaban J connectivity index is 1.70. The van der Waals surface area contributed by atoms with E-state index in [9.17, 15) is 0 Å². The minimum Gasteiger partial charge on any atom is -0.0620 e. The van der Waals surface area contributed by atoms with Crippen molar-refractivity contribution < 1.29 is 0 Å². The van der Waals surface area contributed by atoms with Gasteiger partial charge in [-0.25, -0.2) is 0 Å². The molecule has 1 aliphatic rings. The smallest absolute Gasteiger partial charge is 0.0358 e. The molecule has 142 valence electrons. The Morgan fingerprint density at radius 1 is 0.567 bits per heavy atom. The second kappa shape index (κ2) is 6.71. The van der Waals surface area contributed by atoms with Crippen LogP contribution in [0, 0.1) is 6.92 Å². The van der Waals surface area contributed by atoms with Gasteiger partial charge < -0.3 is 0 Å². The molecular weight excluding hydrogens is 360 g/mol. The lowest BCUT2D eigenvalue weighted by Crippen LogP contribution is -2.03. The van der Waals surface area contributed by atoms with Gasteiger partial charge in [0.05, 0.1) is 0 Å². The van der Waals surface area contributed by atoms with Gasteiger partial charge >= 0.3 is 0 Å². The molecule has 5 aromatic rings. The fourth-order valence-electron chi connectivity index (χ4n) is 5.12. The Morgan fingerprint density at radius 3 is 2.20 bits per heavy atom. The highest BCUT2D eigenvalue weighted by Crippen LogP contribution is 2.49. The Hall–Kier alpha value is -3.64. The van der Waals surface area contributed by atoms with Crippen LogP contribution >= 0.6 is 0 Å². The molecule has 1 aliphatic carbocycles. The van der Waals surface area contributed by atoms with Gasteiger partial charge in [0.2, 0.25) is 0 Å². The van der Waals surface area contributed by atoms with E-state index in [-0.39, 0.29) is 5.92 Å². The van der Waals surface area contributed by atoms with Crippen molar-refractivity contribution in [1.82, 2.24) is 0 Å². The zero-order valence-corrected chi connectivity index (χ0v) is 17.0. The summed E-state index contributed by atoms with van der Waals surface area (Å²) in [5.41, 5.74) is 8.19. The quantitative estimate of drug-likeness (QED) is 0.271. The summed E-state index contributed by atoms with van der Waals surface area (Å²) in [5.74, 6) is 0.233. The highest BCUT2D eigenvalue weighted by atomic mass is 14.3. The molecule has 0 fully saturated rings. The molecule has 0 amide bonds. The molecule has 0 saturated carbocycles. The predicted octanol–water partition coefficient (Wildman–Crippen LogP) is 7.99. The zero-order chi connectivity index (χ0) is 20.1. The lowest BCUT2D eigenvalue weighted by atomic mass is 9.81. The summed E-state index contributed by atoms with van der Waals surface area (Å²) >= 11 is 0. The summed E-state index contributed by atoms with van der Waals surface area (Å²) in [6, 6.07) is 37.7. The van der Waals surface area contributed by atoms with Crippen LogP contribution in [0.4, 0.5) is 0 Å². The number of benzene rings is 5. The fraction of sp³-hybridized carbons (Fsp3) is 0.0667. The van der Waals surface area contributed by atoms with Crippen LogP contribution in [0.2, 0.25) is 0 Å². The number of hydrogen-bond acceptors (Lipinski definition) is 0. The minimum absolute atomic E-state index is 0.233. The molecule has 1 atom stereocenters. The van der Waals surface area contributed by atoms with E-state index in [1.807, 2.05) is 0 Å². The summed E-state index contributed by atoms with van der Waals surface area (Å²) in [6.07, 6.45) is 2.40. The number of fused-ring (bicyclic) bond motifs is 4. The van der Waals surface area contributed by atoms with Gasteiger partial charge in [-0.1, -0.05) is 103 Å². The summed E-state index contributed by atoms with van der Waals surface area (Å²) in [4.78, 5) is 0. The fourth-order valence-corrected chi connectivity index (χ4v) is 5.12. The van der Waals surface area contributed by atoms with Gasteiger partial charge in [0.1, 0.15) is 0 Å². The molecule has 0 spiro atoms. The summed E-state index contributed by atoms with van der Waals surface area (Å²) < 4.78 is 0. The Bertz CT molecular complexity index is 1450. The van der Waals surface area contributed by atoms with Gasteiger partial charge in [-0.3, -0.25) is 0 Å². The molecule has 30 heavy (non-hydrogen) atoms. The zero-order valence-electron chi connectivity index (χ0n) is 17.0. The van der Waals surface area contributed by atoms with Crippen molar-refractivity contribution in [3.63, 3.8) is 0 Å². The van der Waals surface area contributed by atoms with E-state index in [4.69, 9.17) is 0 Å². The molecular formula is C30H22. The molecule has 0 nitrogen and oxygen atoms in total. The standard InChI is InChI=1S/C30H22/c1-20-9-2-5-13-24(20)28-19-23-11-4-7-15-26(23)30(28)27-16-8-12-22-18-17-21-10-3-6-14-25(21)29(22)27/h2-19,30H,1H3. The van der Waals surface area contributed by atoms with Crippen molar-refractivity contribution in [2.24, 2.45) is 0 Å². The molecule has 0 heteroatoms. The predicted molar refractivity (Wildman–Crippen MR) is 129 cm³/mol. The van der Waals surface area contributed by atoms with E-state index in [0.29, 0.717) is 0 Å². The van der Waals surface area contributed by atoms with Gasteiger partial charge in [0.25, 0.3) is 0 Å². The van der Waals surface area contributed by atoms with Crippen LogP contribution in [0.1, 0.15) is 33.7 Å². The number of rotatable bonds is 2. The highest BCUT2D eigenvalue weighted by Gasteiger charge is 2.29. The van der Waals surface area contributed by atoms with Crippen LogP contribution in [0.5, 0.6) is 0 Å². The lowest BCUT2D eigenvalue weighted by Gasteiger charge is -2.22. The third-order valence-corrected chi connectivity index (χ3v) is 6.50. The SMILES string of the molecule is Cc1ccccc1C1=Cc2ccccc2C1c1cccc2ccc3ccccc3c12. The van der Waals surface area contributed by atoms with Crippen LogP contribution in [0.3, 0.4) is 0 Å². The maximum atomic E-state index is 2.40. The van der Waals surface area contributed by atoms with Crippen LogP contribution in [-0.2, 0) is 0 Å². The molecule has 0 saturated heterocycles. The van der Waals surface area contributed by atoms with Gasteiger partial charge in [0.15, 0.2) is 0 Å².